The third kappa shape index (κ3) is 4.39. The first kappa shape index (κ1) is 17.0. The zero-order valence-electron chi connectivity index (χ0n) is 15.0. The van der Waals surface area contributed by atoms with E-state index in [4.69, 9.17) is 0 Å². The molecule has 0 spiro atoms. The highest BCUT2D eigenvalue weighted by atomic mass is 15.2. The van der Waals surface area contributed by atoms with Crippen molar-refractivity contribution in [3.63, 3.8) is 0 Å². The molecule has 134 valence electrons. The fourth-order valence-corrected chi connectivity index (χ4v) is 2.99. The lowest BCUT2D eigenvalue weighted by Gasteiger charge is -2.16. The quantitative estimate of drug-likeness (QED) is 0.649. The van der Waals surface area contributed by atoms with Crippen LogP contribution in [0.4, 0.5) is 17.6 Å². The van der Waals surface area contributed by atoms with Crippen molar-refractivity contribution in [3.8, 4) is 11.4 Å². The van der Waals surface area contributed by atoms with Crippen LogP contribution in [0.1, 0.15) is 19.3 Å². The maximum atomic E-state index is 4.62. The number of nitrogens with one attached hydrogen (secondary N) is 2. The van der Waals surface area contributed by atoms with Crippen LogP contribution >= 0.6 is 0 Å². The summed E-state index contributed by atoms with van der Waals surface area (Å²) >= 11 is 0. The average Bonchev–Trinajstić information content (AvgIpc) is 2.69. The van der Waals surface area contributed by atoms with E-state index in [1.54, 1.807) is 0 Å². The van der Waals surface area contributed by atoms with E-state index in [0.29, 0.717) is 17.7 Å². The molecular weight excluding hydrogens is 334 g/mol. The van der Waals surface area contributed by atoms with Crippen LogP contribution in [0.25, 0.3) is 11.4 Å². The lowest BCUT2D eigenvalue weighted by molar-refractivity contribution is 0.786. The van der Waals surface area contributed by atoms with E-state index in [-0.39, 0.29) is 0 Å². The van der Waals surface area contributed by atoms with Crippen molar-refractivity contribution < 1.29 is 0 Å². The van der Waals surface area contributed by atoms with E-state index in [0.717, 1.165) is 41.8 Å². The normalized spacial score (nSPS) is 13.8. The topological polar surface area (TPSA) is 62.7 Å². The summed E-state index contributed by atoms with van der Waals surface area (Å²) in [6, 6.07) is 19.8. The van der Waals surface area contributed by atoms with E-state index in [9.17, 15) is 0 Å². The average molecular weight is 355 g/mol. The molecule has 2 aromatic carbocycles. The molecule has 0 saturated carbocycles. The molecule has 0 saturated heterocycles. The van der Waals surface area contributed by atoms with Crippen molar-refractivity contribution >= 4 is 17.6 Å². The number of para-hydroxylation sites is 1. The Labute approximate surface area is 158 Å². The summed E-state index contributed by atoms with van der Waals surface area (Å²) in [6.45, 7) is 4.06. The molecule has 2 N–H and O–H groups in total. The van der Waals surface area contributed by atoms with Gasteiger partial charge >= 0.3 is 0 Å². The summed E-state index contributed by atoms with van der Waals surface area (Å²) in [4.78, 5) is 13.8. The molecule has 4 rings (SSSR count). The Hall–Kier alpha value is -3.47. The molecule has 1 aliphatic rings. The second kappa shape index (κ2) is 7.83. The van der Waals surface area contributed by atoms with Crippen molar-refractivity contribution in [3.05, 3.63) is 84.6 Å². The van der Waals surface area contributed by atoms with Gasteiger partial charge in [-0.2, -0.15) is 15.0 Å². The van der Waals surface area contributed by atoms with E-state index < -0.39 is 0 Å². The Balaban J connectivity index is 1.69. The molecule has 0 amide bonds. The van der Waals surface area contributed by atoms with E-state index in [1.165, 1.54) is 0 Å². The summed E-state index contributed by atoms with van der Waals surface area (Å²) in [5, 5.41) is 6.61. The van der Waals surface area contributed by atoms with Crippen LogP contribution in [0, 0.1) is 0 Å². The molecule has 0 radical (unpaired) electrons. The van der Waals surface area contributed by atoms with Gasteiger partial charge in [-0.3, -0.25) is 0 Å². The SMILES string of the molecule is C=C1C=C(Nc2nc(Nc3ccccc3)nc(-c3ccccc3)n2)CCC1. The molecular formula is C22H21N5. The lowest BCUT2D eigenvalue weighted by atomic mass is 10.0. The van der Waals surface area contributed by atoms with Crippen LogP contribution < -0.4 is 10.6 Å². The summed E-state index contributed by atoms with van der Waals surface area (Å²) in [7, 11) is 0. The number of rotatable bonds is 5. The van der Waals surface area contributed by atoms with E-state index in [2.05, 4.69) is 38.2 Å². The smallest absolute Gasteiger partial charge is 0.232 e. The van der Waals surface area contributed by atoms with Crippen LogP contribution in [-0.4, -0.2) is 15.0 Å². The van der Waals surface area contributed by atoms with Gasteiger partial charge in [0.05, 0.1) is 0 Å². The minimum absolute atomic E-state index is 0.507. The van der Waals surface area contributed by atoms with Crippen molar-refractivity contribution in [2.75, 3.05) is 10.6 Å². The second-order valence-electron chi connectivity index (χ2n) is 6.47. The highest BCUT2D eigenvalue weighted by Crippen LogP contribution is 2.24. The zero-order valence-corrected chi connectivity index (χ0v) is 15.0. The van der Waals surface area contributed by atoms with Gasteiger partial charge in [0.25, 0.3) is 0 Å². The van der Waals surface area contributed by atoms with Gasteiger partial charge < -0.3 is 10.6 Å². The van der Waals surface area contributed by atoms with Crippen molar-refractivity contribution in [2.45, 2.75) is 19.3 Å². The van der Waals surface area contributed by atoms with Crippen LogP contribution in [0.3, 0.4) is 0 Å². The summed E-state index contributed by atoms with van der Waals surface area (Å²) in [5.41, 5.74) is 4.09. The number of nitrogens with zero attached hydrogens (tertiary/aromatic N) is 3. The van der Waals surface area contributed by atoms with Crippen molar-refractivity contribution in [1.29, 1.82) is 0 Å². The molecule has 1 aromatic heterocycles. The van der Waals surface area contributed by atoms with Gasteiger partial charge in [0, 0.05) is 16.9 Å². The van der Waals surface area contributed by atoms with Gasteiger partial charge in [0.2, 0.25) is 11.9 Å². The number of anilines is 3. The second-order valence-corrected chi connectivity index (χ2v) is 6.47. The molecule has 0 unspecified atom stereocenters. The molecule has 0 aliphatic heterocycles. The number of hydrogen-bond donors (Lipinski definition) is 2. The molecule has 3 aromatic rings. The van der Waals surface area contributed by atoms with Crippen LogP contribution in [0.15, 0.2) is 84.6 Å². The molecule has 5 nitrogen and oxygen atoms in total. The van der Waals surface area contributed by atoms with Crippen LogP contribution in [0.5, 0.6) is 0 Å². The predicted octanol–water partition coefficient (Wildman–Crippen LogP) is 5.32. The standard InChI is InChI=1S/C22H21N5/c1-16-9-8-14-19(15-16)24-22-26-20(17-10-4-2-5-11-17)25-21(27-22)23-18-12-6-3-7-13-18/h2-7,10-13,15H,1,8-9,14H2,(H2,23,24,25,26,27). The van der Waals surface area contributed by atoms with Gasteiger partial charge in [-0.15, -0.1) is 0 Å². The van der Waals surface area contributed by atoms with Crippen molar-refractivity contribution in [2.24, 2.45) is 0 Å². The molecule has 0 bridgehead atoms. The maximum Gasteiger partial charge on any atom is 0.232 e. The number of benzene rings is 2. The number of aromatic nitrogens is 3. The van der Waals surface area contributed by atoms with Gasteiger partial charge in [-0.25, -0.2) is 0 Å². The van der Waals surface area contributed by atoms with Gasteiger partial charge in [-0.1, -0.05) is 60.7 Å². The highest BCUT2D eigenvalue weighted by molar-refractivity contribution is 5.61. The Morgan fingerprint density at radius 2 is 1.41 bits per heavy atom. The molecule has 5 heteroatoms. The molecule has 1 aliphatic carbocycles. The van der Waals surface area contributed by atoms with Crippen LogP contribution in [-0.2, 0) is 0 Å². The fourth-order valence-electron chi connectivity index (χ4n) is 2.99. The lowest BCUT2D eigenvalue weighted by Crippen LogP contribution is -2.10. The summed E-state index contributed by atoms with van der Waals surface area (Å²) in [6.07, 6.45) is 5.18. The zero-order chi connectivity index (χ0) is 18.5. The summed E-state index contributed by atoms with van der Waals surface area (Å²) < 4.78 is 0. The monoisotopic (exact) mass is 355 g/mol. The Morgan fingerprint density at radius 3 is 2.11 bits per heavy atom. The third-order valence-corrected chi connectivity index (χ3v) is 4.29. The van der Waals surface area contributed by atoms with E-state index >= 15 is 0 Å². The molecule has 27 heavy (non-hydrogen) atoms. The maximum absolute atomic E-state index is 4.62. The first-order chi connectivity index (χ1) is 13.3. The third-order valence-electron chi connectivity index (χ3n) is 4.29. The minimum atomic E-state index is 0.507. The number of hydrogen-bond acceptors (Lipinski definition) is 5. The first-order valence-electron chi connectivity index (χ1n) is 9.05. The van der Waals surface area contributed by atoms with Crippen molar-refractivity contribution in [1.82, 2.24) is 15.0 Å². The van der Waals surface area contributed by atoms with Gasteiger partial charge in [0.15, 0.2) is 5.82 Å². The fraction of sp³-hybridized carbons (Fsp3) is 0.136. The van der Waals surface area contributed by atoms with Crippen LogP contribution in [0.2, 0.25) is 0 Å². The molecule has 0 atom stereocenters. The van der Waals surface area contributed by atoms with Gasteiger partial charge in [-0.05, 0) is 37.5 Å². The Bertz CT molecular complexity index is 965. The predicted molar refractivity (Wildman–Crippen MR) is 110 cm³/mol. The molecule has 1 heterocycles. The minimum Gasteiger partial charge on any atom is -0.328 e. The molecule has 0 fully saturated rings. The Kier molecular flexibility index (Phi) is 4.92. The first-order valence-corrected chi connectivity index (χ1v) is 9.05. The van der Waals surface area contributed by atoms with E-state index in [1.807, 2.05) is 60.7 Å². The Morgan fingerprint density at radius 1 is 0.741 bits per heavy atom. The van der Waals surface area contributed by atoms with Gasteiger partial charge in [0.1, 0.15) is 0 Å². The highest BCUT2D eigenvalue weighted by Gasteiger charge is 2.12. The number of allylic oxidation sites excluding steroid dienone is 3. The summed E-state index contributed by atoms with van der Waals surface area (Å²) in [5.74, 6) is 1.66. The largest absolute Gasteiger partial charge is 0.328 e.